The summed E-state index contributed by atoms with van der Waals surface area (Å²) in [6, 6.07) is 9.70. The van der Waals surface area contributed by atoms with Crippen LogP contribution in [-0.4, -0.2) is 36.9 Å². The van der Waals surface area contributed by atoms with Crippen LogP contribution in [0.1, 0.15) is 31.9 Å². The first-order valence-corrected chi connectivity index (χ1v) is 8.64. The van der Waals surface area contributed by atoms with Crippen LogP contribution in [0.4, 0.5) is 0 Å². The van der Waals surface area contributed by atoms with E-state index in [9.17, 15) is 9.90 Å². The summed E-state index contributed by atoms with van der Waals surface area (Å²) in [5.74, 6) is 5.21. The molecule has 1 unspecified atom stereocenters. The number of hydrogen-bond acceptors (Lipinski definition) is 6. The van der Waals surface area contributed by atoms with Gasteiger partial charge in [0.2, 0.25) is 0 Å². The minimum absolute atomic E-state index is 0.374. The molecule has 0 spiro atoms. The van der Waals surface area contributed by atoms with Crippen LogP contribution in [0.3, 0.4) is 0 Å². The fraction of sp³-hybridized carbons (Fsp3) is 0.350. The topological polar surface area (TPSA) is 105 Å². The quantitative estimate of drug-likeness (QED) is 0.364. The smallest absolute Gasteiger partial charge is 0.149 e. The Labute approximate surface area is 156 Å². The predicted molar refractivity (Wildman–Crippen MR) is 108 cm³/mol. The molecule has 0 fully saturated rings. The van der Waals surface area contributed by atoms with Crippen molar-refractivity contribution in [2.75, 3.05) is 20.6 Å². The number of aldehydes is 1. The number of carbonyl (C=O) groups excluding carboxylic acids is 1. The van der Waals surface area contributed by atoms with Crippen LogP contribution in [0.25, 0.3) is 0 Å². The Hall–Kier alpha value is -2.41. The van der Waals surface area contributed by atoms with Crippen LogP contribution in [0.2, 0.25) is 0 Å². The number of aliphatic hydroxyl groups excluding tert-OH is 1. The number of nitrogens with one attached hydrogen (secondary N) is 1. The van der Waals surface area contributed by atoms with Gasteiger partial charge in [0.05, 0.1) is 17.5 Å². The SMILES string of the molecule is CC.CN(C)CC(O)c1ccccc1.NNC1=C(N)C=CC(C=O)=CC1. The van der Waals surface area contributed by atoms with E-state index in [2.05, 4.69) is 5.43 Å². The third-order valence-electron chi connectivity index (χ3n) is 3.38. The Morgan fingerprint density at radius 2 is 1.85 bits per heavy atom. The molecule has 0 radical (unpaired) electrons. The zero-order chi connectivity index (χ0) is 19.9. The highest BCUT2D eigenvalue weighted by atomic mass is 16.3. The van der Waals surface area contributed by atoms with E-state index in [0.29, 0.717) is 24.2 Å². The van der Waals surface area contributed by atoms with Crippen LogP contribution < -0.4 is 17.0 Å². The standard InChI is InChI=1S/C10H15NO.C8H11N3O.C2H6/c1-11(2)8-10(12)9-6-4-3-5-7-9;9-7-3-1-6(5-12)2-4-8(7)11-10;1-2/h3-7,10,12H,8H2,1-2H3;1-3,5,11H,4,9-10H2;1-2H3. The van der Waals surface area contributed by atoms with Gasteiger partial charge in [0.25, 0.3) is 0 Å². The number of nitrogens with zero attached hydrogens (tertiary/aromatic N) is 1. The van der Waals surface area contributed by atoms with Gasteiger partial charge in [-0.1, -0.05) is 50.3 Å². The van der Waals surface area contributed by atoms with Crippen molar-refractivity contribution in [2.45, 2.75) is 26.4 Å². The van der Waals surface area contributed by atoms with E-state index in [0.717, 1.165) is 17.5 Å². The highest BCUT2D eigenvalue weighted by molar-refractivity contribution is 5.78. The molecular weight excluding hydrogens is 328 g/mol. The maximum absolute atomic E-state index is 10.4. The lowest BCUT2D eigenvalue weighted by Crippen LogP contribution is -2.23. The van der Waals surface area contributed by atoms with E-state index in [4.69, 9.17) is 11.6 Å². The van der Waals surface area contributed by atoms with Crippen molar-refractivity contribution in [3.05, 3.63) is 71.1 Å². The first kappa shape index (κ1) is 23.6. The van der Waals surface area contributed by atoms with Gasteiger partial charge in [-0.3, -0.25) is 10.6 Å². The van der Waals surface area contributed by atoms with E-state index in [-0.39, 0.29) is 6.10 Å². The zero-order valence-corrected chi connectivity index (χ0v) is 16.1. The van der Waals surface area contributed by atoms with Gasteiger partial charge in [-0.05, 0) is 31.8 Å². The molecule has 6 nitrogen and oxygen atoms in total. The first-order chi connectivity index (χ1) is 12.5. The number of hydrogen-bond donors (Lipinski definition) is 4. The molecule has 144 valence electrons. The lowest BCUT2D eigenvalue weighted by atomic mass is 10.1. The number of nitrogens with two attached hydrogens (primary N) is 2. The average molecular weight is 361 g/mol. The number of allylic oxidation sites excluding steroid dienone is 4. The van der Waals surface area contributed by atoms with E-state index < -0.39 is 0 Å². The number of likely N-dealkylation sites (N-methyl/N-ethyl adjacent to an activating group) is 1. The molecule has 26 heavy (non-hydrogen) atoms. The molecule has 0 saturated carbocycles. The summed E-state index contributed by atoms with van der Waals surface area (Å²) in [5, 5.41) is 9.65. The summed E-state index contributed by atoms with van der Waals surface area (Å²) in [5.41, 5.74) is 11.0. The molecule has 0 aliphatic heterocycles. The van der Waals surface area contributed by atoms with Gasteiger partial charge in [0.15, 0.2) is 0 Å². The Morgan fingerprint density at radius 3 is 2.35 bits per heavy atom. The van der Waals surface area contributed by atoms with Crippen LogP contribution in [0.5, 0.6) is 0 Å². The maximum Gasteiger partial charge on any atom is 0.149 e. The summed E-state index contributed by atoms with van der Waals surface area (Å²) in [6.07, 6.45) is 6.04. The second kappa shape index (κ2) is 13.8. The Kier molecular flexibility index (Phi) is 12.6. The zero-order valence-electron chi connectivity index (χ0n) is 16.1. The maximum atomic E-state index is 10.4. The molecule has 0 bridgehead atoms. The molecular formula is C20H32N4O2. The van der Waals surface area contributed by atoms with Gasteiger partial charge in [0, 0.05) is 18.5 Å². The molecule has 1 aliphatic rings. The van der Waals surface area contributed by atoms with E-state index in [1.165, 1.54) is 0 Å². The second-order valence-corrected chi connectivity index (χ2v) is 5.63. The lowest BCUT2D eigenvalue weighted by Gasteiger charge is -2.15. The first-order valence-electron chi connectivity index (χ1n) is 8.64. The van der Waals surface area contributed by atoms with Crippen molar-refractivity contribution in [2.24, 2.45) is 11.6 Å². The van der Waals surface area contributed by atoms with Gasteiger partial charge in [-0.25, -0.2) is 0 Å². The number of rotatable bonds is 5. The van der Waals surface area contributed by atoms with E-state index >= 15 is 0 Å². The summed E-state index contributed by atoms with van der Waals surface area (Å²) in [6.45, 7) is 4.67. The highest BCUT2D eigenvalue weighted by Gasteiger charge is 2.06. The molecule has 1 aromatic rings. The summed E-state index contributed by atoms with van der Waals surface area (Å²) >= 11 is 0. The molecule has 1 aromatic carbocycles. The van der Waals surface area contributed by atoms with Crippen molar-refractivity contribution in [1.82, 2.24) is 10.3 Å². The molecule has 0 amide bonds. The van der Waals surface area contributed by atoms with Gasteiger partial charge in [-0.2, -0.15) is 0 Å². The average Bonchev–Trinajstić information content (AvgIpc) is 2.85. The third-order valence-corrected chi connectivity index (χ3v) is 3.38. The van der Waals surface area contributed by atoms with Crippen molar-refractivity contribution in [1.29, 1.82) is 0 Å². The molecule has 0 heterocycles. The van der Waals surface area contributed by atoms with E-state index in [1.807, 2.05) is 63.2 Å². The van der Waals surface area contributed by atoms with Gasteiger partial charge >= 0.3 is 0 Å². The van der Waals surface area contributed by atoms with Crippen molar-refractivity contribution in [3.8, 4) is 0 Å². The van der Waals surface area contributed by atoms with Crippen molar-refractivity contribution in [3.63, 3.8) is 0 Å². The minimum Gasteiger partial charge on any atom is -0.397 e. The molecule has 6 heteroatoms. The van der Waals surface area contributed by atoms with Gasteiger partial charge < -0.3 is 21.2 Å². The molecule has 0 saturated heterocycles. The molecule has 1 atom stereocenters. The van der Waals surface area contributed by atoms with Gasteiger partial charge in [0.1, 0.15) is 6.29 Å². The highest BCUT2D eigenvalue weighted by Crippen LogP contribution is 2.12. The van der Waals surface area contributed by atoms with Crippen molar-refractivity contribution >= 4 is 6.29 Å². The van der Waals surface area contributed by atoms with Crippen LogP contribution >= 0.6 is 0 Å². The lowest BCUT2D eigenvalue weighted by molar-refractivity contribution is -0.104. The Balaban J connectivity index is 0.000000439. The third kappa shape index (κ3) is 9.17. The van der Waals surface area contributed by atoms with Gasteiger partial charge in [-0.15, -0.1) is 0 Å². The summed E-state index contributed by atoms with van der Waals surface area (Å²) in [7, 11) is 3.90. The summed E-state index contributed by atoms with van der Waals surface area (Å²) in [4.78, 5) is 12.4. The fourth-order valence-corrected chi connectivity index (χ4v) is 2.05. The molecule has 1 aliphatic carbocycles. The minimum atomic E-state index is -0.374. The molecule has 2 rings (SSSR count). The second-order valence-electron chi connectivity index (χ2n) is 5.63. The normalized spacial score (nSPS) is 14.2. The largest absolute Gasteiger partial charge is 0.397 e. The monoisotopic (exact) mass is 360 g/mol. The molecule has 6 N–H and O–H groups in total. The number of carbonyl (C=O) groups is 1. The van der Waals surface area contributed by atoms with Crippen molar-refractivity contribution < 1.29 is 9.90 Å². The van der Waals surface area contributed by atoms with Crippen LogP contribution in [-0.2, 0) is 4.79 Å². The number of benzene rings is 1. The Morgan fingerprint density at radius 1 is 1.23 bits per heavy atom. The van der Waals surface area contributed by atoms with E-state index in [1.54, 1.807) is 18.2 Å². The number of hydrazine groups is 1. The molecule has 0 aromatic heterocycles. The summed E-state index contributed by atoms with van der Waals surface area (Å²) < 4.78 is 0. The van der Waals surface area contributed by atoms with Crippen LogP contribution in [0, 0.1) is 0 Å². The predicted octanol–water partition coefficient (Wildman–Crippen LogP) is 2.01. The van der Waals surface area contributed by atoms with Crippen LogP contribution in [0.15, 0.2) is 65.5 Å². The Bertz CT molecular complexity index is 607. The number of aliphatic hydroxyl groups is 1. The fourth-order valence-electron chi connectivity index (χ4n) is 2.05.